The largest absolute Gasteiger partial charge is 0.483 e. The smallest absolute Gasteiger partial charge is 0.260 e. The summed E-state index contributed by atoms with van der Waals surface area (Å²) in [6.45, 7) is 5.14. The number of aryl methyl sites for hydroxylation is 1. The van der Waals surface area contributed by atoms with Gasteiger partial charge in [-0.05, 0) is 56.7 Å². The van der Waals surface area contributed by atoms with E-state index in [1.807, 2.05) is 32.0 Å². The average molecular weight is 355 g/mol. The maximum atomic E-state index is 12.5. The van der Waals surface area contributed by atoms with Crippen molar-refractivity contribution in [2.45, 2.75) is 45.1 Å². The maximum absolute atomic E-state index is 12.5. The Kier molecular flexibility index (Phi) is 4.21. The molecule has 0 aromatic heterocycles. The molecule has 26 heavy (non-hydrogen) atoms. The highest BCUT2D eigenvalue weighted by Gasteiger charge is 2.48. The first-order valence-corrected chi connectivity index (χ1v) is 9.36. The number of carbonyl (C=O) groups is 2. The summed E-state index contributed by atoms with van der Waals surface area (Å²) >= 11 is 0. The molecule has 4 rings (SSSR count). The average Bonchev–Trinajstić information content (AvgIpc) is 3.43. The molecule has 2 amide bonds. The monoisotopic (exact) mass is 355 g/mol. The van der Waals surface area contributed by atoms with Gasteiger partial charge in [0.1, 0.15) is 17.1 Å². The van der Waals surface area contributed by atoms with Gasteiger partial charge in [0.15, 0.2) is 6.61 Å². The molecule has 0 radical (unpaired) electrons. The second-order valence-corrected chi connectivity index (χ2v) is 7.62. The summed E-state index contributed by atoms with van der Waals surface area (Å²) in [6.07, 6.45) is 3.42. The van der Waals surface area contributed by atoms with Gasteiger partial charge in [0, 0.05) is 19.0 Å². The van der Waals surface area contributed by atoms with Gasteiger partial charge in [-0.15, -0.1) is 0 Å². The number of nitrogens with zero attached hydrogens (tertiary/aromatic N) is 2. The molecule has 1 saturated carbocycles. The van der Waals surface area contributed by atoms with Crippen molar-refractivity contribution in [3.05, 3.63) is 29.3 Å². The molecule has 6 heteroatoms. The fourth-order valence-corrected chi connectivity index (χ4v) is 3.67. The van der Waals surface area contributed by atoms with Crippen molar-refractivity contribution >= 4 is 17.6 Å². The molecule has 138 valence electrons. The van der Waals surface area contributed by atoms with Crippen molar-refractivity contribution in [3.63, 3.8) is 0 Å². The Balaban J connectivity index is 1.34. The lowest BCUT2D eigenvalue weighted by molar-refractivity contribution is -0.137. The van der Waals surface area contributed by atoms with Crippen molar-refractivity contribution in [1.29, 1.82) is 0 Å². The van der Waals surface area contributed by atoms with Crippen LogP contribution in [0.15, 0.2) is 23.2 Å². The van der Waals surface area contributed by atoms with E-state index in [-0.39, 0.29) is 18.4 Å². The third-order valence-electron chi connectivity index (χ3n) is 5.81. The number of nitrogens with one attached hydrogen (secondary N) is 1. The number of ether oxygens (including phenoxy) is 1. The number of aliphatic imine (C=N–C) groups is 1. The molecule has 1 aromatic carbocycles. The first-order chi connectivity index (χ1) is 12.5. The Morgan fingerprint density at radius 2 is 2.04 bits per heavy atom. The summed E-state index contributed by atoms with van der Waals surface area (Å²) in [6, 6.07) is 5.84. The number of likely N-dealkylation sites (tertiary alicyclic amines) is 1. The minimum atomic E-state index is -0.650. The lowest BCUT2D eigenvalue weighted by Gasteiger charge is -2.35. The highest BCUT2D eigenvalue weighted by atomic mass is 16.5. The summed E-state index contributed by atoms with van der Waals surface area (Å²) in [4.78, 5) is 31.4. The number of carbonyl (C=O) groups excluding carboxylic acids is 2. The van der Waals surface area contributed by atoms with E-state index in [0.717, 1.165) is 35.6 Å². The molecule has 2 fully saturated rings. The molecule has 2 heterocycles. The number of hydrogen-bond acceptors (Lipinski definition) is 4. The summed E-state index contributed by atoms with van der Waals surface area (Å²) < 4.78 is 5.73. The maximum Gasteiger partial charge on any atom is 0.260 e. The van der Waals surface area contributed by atoms with Crippen molar-refractivity contribution < 1.29 is 14.3 Å². The molecule has 2 aliphatic heterocycles. The first kappa shape index (κ1) is 17.1. The van der Waals surface area contributed by atoms with Gasteiger partial charge in [0.05, 0.1) is 0 Å². The molecule has 0 atom stereocenters. The molecular formula is C20H25N3O3. The van der Waals surface area contributed by atoms with Crippen LogP contribution in [-0.4, -0.2) is 47.8 Å². The summed E-state index contributed by atoms with van der Waals surface area (Å²) in [5.41, 5.74) is 1.55. The van der Waals surface area contributed by atoms with Crippen molar-refractivity contribution in [1.82, 2.24) is 10.2 Å². The van der Waals surface area contributed by atoms with Gasteiger partial charge < -0.3 is 15.0 Å². The number of amidine groups is 1. The third-order valence-corrected chi connectivity index (χ3v) is 5.81. The molecular weight excluding hydrogens is 330 g/mol. The van der Waals surface area contributed by atoms with Crippen LogP contribution in [0.25, 0.3) is 0 Å². The Bertz CT molecular complexity index is 775. The van der Waals surface area contributed by atoms with Crippen LogP contribution in [0.1, 0.15) is 36.8 Å². The number of amides is 2. The molecule has 0 bridgehead atoms. The third kappa shape index (κ3) is 3.08. The van der Waals surface area contributed by atoms with Gasteiger partial charge in [-0.25, -0.2) is 0 Å². The Hall–Kier alpha value is -2.37. The Labute approximate surface area is 153 Å². The molecule has 1 aliphatic carbocycles. The highest BCUT2D eigenvalue weighted by molar-refractivity contribution is 6.09. The van der Waals surface area contributed by atoms with Crippen molar-refractivity contribution in [2.75, 3.05) is 19.7 Å². The predicted molar refractivity (Wildman–Crippen MR) is 98.3 cm³/mol. The summed E-state index contributed by atoms with van der Waals surface area (Å²) in [5.74, 6) is 2.04. The highest BCUT2D eigenvalue weighted by Crippen LogP contribution is 2.37. The van der Waals surface area contributed by atoms with Gasteiger partial charge in [-0.2, -0.15) is 0 Å². The van der Waals surface area contributed by atoms with Crippen LogP contribution in [0, 0.1) is 19.8 Å². The fourth-order valence-electron chi connectivity index (χ4n) is 3.67. The van der Waals surface area contributed by atoms with E-state index in [2.05, 4.69) is 5.32 Å². The van der Waals surface area contributed by atoms with Gasteiger partial charge in [0.2, 0.25) is 0 Å². The van der Waals surface area contributed by atoms with E-state index in [4.69, 9.17) is 9.73 Å². The molecule has 1 N–H and O–H groups in total. The minimum absolute atomic E-state index is 0.0122. The summed E-state index contributed by atoms with van der Waals surface area (Å²) in [7, 11) is 0. The SMILES string of the molecule is Cc1cccc(OCC(=O)N2CCC3(CC2)N=C(C2CC2)NC3=O)c1C. The van der Waals surface area contributed by atoms with E-state index in [9.17, 15) is 9.59 Å². The van der Waals surface area contributed by atoms with E-state index >= 15 is 0 Å². The van der Waals surface area contributed by atoms with E-state index < -0.39 is 5.54 Å². The molecule has 1 aromatic rings. The topological polar surface area (TPSA) is 71.0 Å². The zero-order chi connectivity index (χ0) is 18.3. The van der Waals surface area contributed by atoms with Crippen LogP contribution in [0.5, 0.6) is 5.75 Å². The van der Waals surface area contributed by atoms with E-state index in [0.29, 0.717) is 31.8 Å². The van der Waals surface area contributed by atoms with Crippen LogP contribution in [-0.2, 0) is 9.59 Å². The number of piperidine rings is 1. The van der Waals surface area contributed by atoms with Crippen LogP contribution in [0.2, 0.25) is 0 Å². The predicted octanol–water partition coefficient (Wildman–Crippen LogP) is 1.98. The number of hydrogen-bond donors (Lipinski definition) is 1. The minimum Gasteiger partial charge on any atom is -0.483 e. The second-order valence-electron chi connectivity index (χ2n) is 7.62. The first-order valence-electron chi connectivity index (χ1n) is 9.36. The second kappa shape index (κ2) is 6.41. The standard InChI is InChI=1S/C20H25N3O3/c1-13-4-3-5-16(14(13)2)26-12-17(24)23-10-8-20(9-11-23)19(25)21-18(22-20)15-6-7-15/h3-5,15H,6-12H2,1-2H3,(H,21,22,25). The molecule has 3 aliphatic rings. The zero-order valence-electron chi connectivity index (χ0n) is 15.4. The van der Waals surface area contributed by atoms with Crippen LogP contribution < -0.4 is 10.1 Å². The van der Waals surface area contributed by atoms with E-state index in [1.165, 1.54) is 0 Å². The van der Waals surface area contributed by atoms with Gasteiger partial charge in [-0.1, -0.05) is 12.1 Å². The molecule has 0 unspecified atom stereocenters. The summed E-state index contributed by atoms with van der Waals surface area (Å²) in [5, 5.41) is 2.96. The van der Waals surface area contributed by atoms with Gasteiger partial charge >= 0.3 is 0 Å². The van der Waals surface area contributed by atoms with E-state index in [1.54, 1.807) is 4.90 Å². The fraction of sp³-hybridized carbons (Fsp3) is 0.550. The molecule has 1 spiro atoms. The molecule has 6 nitrogen and oxygen atoms in total. The van der Waals surface area contributed by atoms with Crippen LogP contribution >= 0.6 is 0 Å². The lowest BCUT2D eigenvalue weighted by atomic mass is 9.88. The number of benzene rings is 1. The van der Waals surface area contributed by atoms with Gasteiger partial charge in [0.25, 0.3) is 11.8 Å². The van der Waals surface area contributed by atoms with Gasteiger partial charge in [-0.3, -0.25) is 14.6 Å². The zero-order valence-corrected chi connectivity index (χ0v) is 15.4. The Morgan fingerprint density at radius 3 is 2.73 bits per heavy atom. The van der Waals surface area contributed by atoms with Crippen LogP contribution in [0.3, 0.4) is 0 Å². The normalized spacial score (nSPS) is 21.5. The number of rotatable bonds is 4. The van der Waals surface area contributed by atoms with Crippen molar-refractivity contribution in [3.8, 4) is 5.75 Å². The lowest BCUT2D eigenvalue weighted by Crippen LogP contribution is -2.51. The van der Waals surface area contributed by atoms with Crippen LogP contribution in [0.4, 0.5) is 0 Å². The quantitative estimate of drug-likeness (QED) is 0.898. The molecule has 1 saturated heterocycles. The Morgan fingerprint density at radius 1 is 1.31 bits per heavy atom. The van der Waals surface area contributed by atoms with Crippen molar-refractivity contribution in [2.24, 2.45) is 10.9 Å².